The minimum atomic E-state index is -4.34. The summed E-state index contributed by atoms with van der Waals surface area (Å²) in [4.78, 5) is 23.1. The number of likely N-dealkylation sites (N-methyl/N-ethyl adjacent to an activating group) is 1. The Morgan fingerprint density at radius 2 is 1.00 bits per heavy atom. The van der Waals surface area contributed by atoms with Crippen LogP contribution in [0.1, 0.15) is 200 Å². The van der Waals surface area contributed by atoms with Crippen molar-refractivity contribution in [1.29, 1.82) is 0 Å². The van der Waals surface area contributed by atoms with Crippen LogP contribution < -0.4 is 5.32 Å². The molecule has 0 aliphatic rings. The van der Waals surface area contributed by atoms with Gasteiger partial charge in [-0.15, -0.1) is 0 Å². The number of rotatable bonds is 41. The Labute approximate surface area is 340 Å². The van der Waals surface area contributed by atoms with Gasteiger partial charge in [0, 0.05) is 6.42 Å². The van der Waals surface area contributed by atoms with E-state index in [0.717, 1.165) is 38.5 Å². The van der Waals surface area contributed by atoms with Crippen LogP contribution in [-0.4, -0.2) is 73.4 Å². The van der Waals surface area contributed by atoms with Gasteiger partial charge in [0.05, 0.1) is 39.9 Å². The van der Waals surface area contributed by atoms with Gasteiger partial charge in [-0.3, -0.25) is 13.8 Å². The third-order valence-corrected chi connectivity index (χ3v) is 11.1. The molecule has 0 rings (SSSR count). The summed E-state index contributed by atoms with van der Waals surface area (Å²) in [5.74, 6) is -0.193. The first-order valence-electron chi connectivity index (χ1n) is 22.9. The zero-order valence-electron chi connectivity index (χ0n) is 36.7. The number of aliphatic hydroxyl groups is 1. The Bertz CT molecular complexity index is 995. The van der Waals surface area contributed by atoms with E-state index in [1.165, 1.54) is 141 Å². The topological polar surface area (TPSA) is 105 Å². The summed E-state index contributed by atoms with van der Waals surface area (Å²) in [6, 6.07) is -0.862. The smallest absolute Gasteiger partial charge is 0.387 e. The van der Waals surface area contributed by atoms with Crippen molar-refractivity contribution in [2.75, 3.05) is 40.9 Å². The summed E-state index contributed by atoms with van der Waals surface area (Å²) < 4.78 is 23.5. The second kappa shape index (κ2) is 38.2. The fourth-order valence-electron chi connectivity index (χ4n) is 6.40. The molecule has 8 nitrogen and oxygen atoms in total. The van der Waals surface area contributed by atoms with Crippen LogP contribution in [0.4, 0.5) is 0 Å². The van der Waals surface area contributed by atoms with E-state index in [1.807, 2.05) is 27.2 Å². The number of hydrogen-bond donors (Lipinski definition) is 3. The maximum absolute atomic E-state index is 12.9. The molecule has 0 aromatic rings. The van der Waals surface area contributed by atoms with Crippen LogP contribution in [0.2, 0.25) is 0 Å². The number of allylic oxidation sites excluding steroid dienone is 5. The zero-order valence-corrected chi connectivity index (χ0v) is 37.6. The highest BCUT2D eigenvalue weighted by atomic mass is 31.2. The lowest BCUT2D eigenvalue weighted by atomic mass is 10.0. The molecule has 0 fully saturated rings. The van der Waals surface area contributed by atoms with Crippen LogP contribution in [0.5, 0.6) is 0 Å². The molecule has 0 saturated carbocycles. The third-order valence-electron chi connectivity index (χ3n) is 10.1. The van der Waals surface area contributed by atoms with Gasteiger partial charge in [-0.25, -0.2) is 4.57 Å². The van der Waals surface area contributed by atoms with Gasteiger partial charge in [0.1, 0.15) is 13.2 Å². The van der Waals surface area contributed by atoms with E-state index < -0.39 is 20.0 Å². The third kappa shape index (κ3) is 40.7. The zero-order chi connectivity index (χ0) is 40.7. The van der Waals surface area contributed by atoms with Crippen molar-refractivity contribution >= 4 is 13.7 Å². The van der Waals surface area contributed by atoms with Crippen molar-refractivity contribution in [2.24, 2.45) is 0 Å². The summed E-state index contributed by atoms with van der Waals surface area (Å²) in [7, 11) is 1.55. The van der Waals surface area contributed by atoms with Gasteiger partial charge in [0.15, 0.2) is 0 Å². The van der Waals surface area contributed by atoms with Gasteiger partial charge in [0.25, 0.3) is 0 Å². The lowest BCUT2D eigenvalue weighted by molar-refractivity contribution is -0.870. The van der Waals surface area contributed by atoms with Crippen molar-refractivity contribution in [3.63, 3.8) is 0 Å². The highest BCUT2D eigenvalue weighted by molar-refractivity contribution is 7.47. The molecule has 0 saturated heterocycles. The molecule has 9 heteroatoms. The molecule has 3 N–H and O–H groups in total. The van der Waals surface area contributed by atoms with E-state index in [9.17, 15) is 19.4 Å². The van der Waals surface area contributed by atoms with Gasteiger partial charge < -0.3 is 19.8 Å². The minimum absolute atomic E-state index is 0.0551. The standard InChI is InChI=1S/C46H89N2O6P/c1-6-8-10-12-14-16-18-19-20-21-22-23-24-25-26-27-28-30-32-34-36-38-40-46(50)47-44(43-54-55(51,52)53-42-41-48(3,4)5)45(49)39-37-35-33-31-29-17-15-13-11-9-7-2/h24-25,29,31,37,39,44-45,49H,6-23,26-28,30,32-36,38,40-43H2,1-5H3,(H-,47,50,51,52)/p+1/b25-24-,31-29+,39-37+. The number of carbonyl (C=O) groups excluding carboxylic acids is 1. The first kappa shape index (κ1) is 53.7. The second-order valence-electron chi connectivity index (χ2n) is 16.8. The molecule has 0 aromatic carbocycles. The first-order valence-corrected chi connectivity index (χ1v) is 24.4. The second-order valence-corrected chi connectivity index (χ2v) is 18.2. The largest absolute Gasteiger partial charge is 0.472 e. The van der Waals surface area contributed by atoms with Gasteiger partial charge in [-0.1, -0.05) is 172 Å². The number of nitrogens with zero attached hydrogens (tertiary/aromatic N) is 1. The number of quaternary nitrogens is 1. The molecule has 0 bridgehead atoms. The molecule has 0 radical (unpaired) electrons. The van der Waals surface area contributed by atoms with E-state index in [2.05, 4.69) is 43.5 Å². The summed E-state index contributed by atoms with van der Waals surface area (Å²) >= 11 is 0. The monoisotopic (exact) mass is 798 g/mol. The van der Waals surface area contributed by atoms with Crippen molar-refractivity contribution in [2.45, 2.75) is 212 Å². The fourth-order valence-corrected chi connectivity index (χ4v) is 7.14. The normalized spacial score (nSPS) is 14.7. The molecule has 3 unspecified atom stereocenters. The lowest BCUT2D eigenvalue weighted by Gasteiger charge is -2.25. The summed E-state index contributed by atoms with van der Waals surface area (Å²) in [5, 5.41) is 13.8. The van der Waals surface area contributed by atoms with Gasteiger partial charge >= 0.3 is 7.82 Å². The average molecular weight is 798 g/mol. The van der Waals surface area contributed by atoms with Crippen molar-refractivity contribution in [1.82, 2.24) is 5.32 Å². The molecule has 0 spiro atoms. The Hall–Kier alpha value is -1.28. The van der Waals surface area contributed by atoms with Crippen molar-refractivity contribution in [3.05, 3.63) is 36.5 Å². The van der Waals surface area contributed by atoms with Crippen LogP contribution in [-0.2, 0) is 18.4 Å². The number of unbranched alkanes of at least 4 members (excludes halogenated alkanes) is 24. The molecule has 0 aliphatic carbocycles. The van der Waals surface area contributed by atoms with Crippen molar-refractivity contribution < 1.29 is 32.9 Å². The number of hydrogen-bond acceptors (Lipinski definition) is 5. The van der Waals surface area contributed by atoms with Gasteiger partial charge in [0.2, 0.25) is 5.91 Å². The molecule has 0 aromatic heterocycles. The molecule has 1 amide bonds. The Morgan fingerprint density at radius 3 is 1.45 bits per heavy atom. The molecule has 0 aliphatic heterocycles. The average Bonchev–Trinajstić information content (AvgIpc) is 3.13. The van der Waals surface area contributed by atoms with E-state index in [-0.39, 0.29) is 19.1 Å². The number of carbonyl (C=O) groups is 1. The summed E-state index contributed by atoms with van der Waals surface area (Å²) in [5.41, 5.74) is 0. The van der Waals surface area contributed by atoms with E-state index >= 15 is 0 Å². The number of aliphatic hydroxyl groups excluding tert-OH is 1. The molecular weight excluding hydrogens is 707 g/mol. The number of nitrogens with one attached hydrogen (secondary N) is 1. The summed E-state index contributed by atoms with van der Waals surface area (Å²) in [6.07, 6.45) is 46.5. The Morgan fingerprint density at radius 1 is 0.600 bits per heavy atom. The van der Waals surface area contributed by atoms with Crippen LogP contribution in [0.3, 0.4) is 0 Å². The first-order chi connectivity index (χ1) is 26.5. The van der Waals surface area contributed by atoms with Gasteiger partial charge in [-0.2, -0.15) is 0 Å². The molecule has 55 heavy (non-hydrogen) atoms. The number of phosphoric acid groups is 1. The number of amides is 1. The maximum Gasteiger partial charge on any atom is 0.472 e. The number of phosphoric ester groups is 1. The van der Waals surface area contributed by atoms with Crippen LogP contribution in [0.25, 0.3) is 0 Å². The maximum atomic E-state index is 12.9. The Balaban J connectivity index is 4.31. The highest BCUT2D eigenvalue weighted by Gasteiger charge is 2.27. The van der Waals surface area contributed by atoms with Crippen LogP contribution in [0, 0.1) is 0 Å². The van der Waals surface area contributed by atoms with Gasteiger partial charge in [-0.05, 0) is 57.8 Å². The van der Waals surface area contributed by atoms with Crippen molar-refractivity contribution in [3.8, 4) is 0 Å². The lowest BCUT2D eigenvalue weighted by Crippen LogP contribution is -2.45. The van der Waals surface area contributed by atoms with E-state index in [1.54, 1.807) is 6.08 Å². The van der Waals surface area contributed by atoms with E-state index in [0.29, 0.717) is 17.4 Å². The molecular formula is C46H90N2O6P+. The predicted molar refractivity (Wildman–Crippen MR) is 235 cm³/mol. The van der Waals surface area contributed by atoms with Crippen LogP contribution in [0.15, 0.2) is 36.5 Å². The molecule has 3 atom stereocenters. The van der Waals surface area contributed by atoms with Crippen LogP contribution >= 0.6 is 7.82 Å². The minimum Gasteiger partial charge on any atom is -0.387 e. The SMILES string of the molecule is CCCCCCC/C=C/CC/C=C/C(O)C(COP(=O)(O)OCC[N+](C)(C)C)NC(=O)CCCCCCCCC/C=C\CCCCCCCCCCCCC. The highest BCUT2D eigenvalue weighted by Crippen LogP contribution is 2.43. The summed E-state index contributed by atoms with van der Waals surface area (Å²) in [6.45, 7) is 4.76. The quantitative estimate of drug-likeness (QED) is 0.0246. The molecule has 0 heterocycles. The Kier molecular flexibility index (Phi) is 37.4. The fraction of sp³-hybridized carbons (Fsp3) is 0.848. The molecule has 324 valence electrons. The predicted octanol–water partition coefficient (Wildman–Crippen LogP) is 12.7. The van der Waals surface area contributed by atoms with E-state index in [4.69, 9.17) is 9.05 Å².